The number of rotatable bonds is 9. The normalized spacial score (nSPS) is 13.1. The first-order chi connectivity index (χ1) is 9.94. The Morgan fingerprint density at radius 2 is 2.05 bits per heavy atom. The second-order valence-electron chi connectivity index (χ2n) is 4.10. The van der Waals surface area contributed by atoms with Crippen LogP contribution in [0, 0.1) is 0 Å². The summed E-state index contributed by atoms with van der Waals surface area (Å²) in [7, 11) is -2.10. The third-order valence-corrected chi connectivity index (χ3v) is 4.59. The molecular formula is C11H20N3O6P. The molecule has 0 aliphatic carbocycles. The van der Waals surface area contributed by atoms with Crippen LogP contribution in [0.15, 0.2) is 6.20 Å². The molecular weight excluding hydrogens is 301 g/mol. The first kappa shape index (κ1) is 17.8. The summed E-state index contributed by atoms with van der Waals surface area (Å²) >= 11 is 0. The molecule has 120 valence electrons. The van der Waals surface area contributed by atoms with Crippen molar-refractivity contribution in [2.24, 2.45) is 0 Å². The zero-order valence-electron chi connectivity index (χ0n) is 12.3. The summed E-state index contributed by atoms with van der Waals surface area (Å²) in [5.41, 5.74) is 0.0301. The second-order valence-corrected chi connectivity index (χ2v) is 6.20. The maximum absolute atomic E-state index is 12.2. The first-order valence-electron chi connectivity index (χ1n) is 6.48. The zero-order chi connectivity index (χ0) is 15.9. The number of esters is 1. The van der Waals surface area contributed by atoms with Crippen LogP contribution in [0.1, 0.15) is 24.3 Å². The molecule has 0 bridgehead atoms. The Kier molecular flexibility index (Phi) is 6.97. The van der Waals surface area contributed by atoms with Crippen LogP contribution >= 0.6 is 7.60 Å². The highest BCUT2D eigenvalue weighted by Gasteiger charge is 2.28. The molecule has 0 spiro atoms. The molecule has 0 fully saturated rings. The predicted octanol–water partition coefficient (Wildman–Crippen LogP) is 0.692. The topological polar surface area (TPSA) is 113 Å². The lowest BCUT2D eigenvalue weighted by Crippen LogP contribution is -2.22. The molecule has 0 radical (unpaired) electrons. The highest BCUT2D eigenvalue weighted by molar-refractivity contribution is 7.53. The van der Waals surface area contributed by atoms with Gasteiger partial charge in [0.25, 0.3) is 0 Å². The minimum Gasteiger partial charge on any atom is -0.464 e. The molecule has 1 aromatic rings. The summed E-state index contributed by atoms with van der Waals surface area (Å²) in [6.45, 7) is 3.84. The molecule has 1 unspecified atom stereocenters. The number of nitrogens with zero attached hydrogens (tertiary/aromatic N) is 3. The molecule has 0 saturated heterocycles. The van der Waals surface area contributed by atoms with E-state index in [0.29, 0.717) is 0 Å². The minimum atomic E-state index is -3.33. The van der Waals surface area contributed by atoms with E-state index in [1.54, 1.807) is 13.8 Å². The molecule has 1 aromatic heterocycles. The lowest BCUT2D eigenvalue weighted by molar-refractivity contribution is 0.0593. The van der Waals surface area contributed by atoms with Crippen LogP contribution in [0.5, 0.6) is 0 Å². The number of methoxy groups -OCH3 is 1. The Morgan fingerprint density at radius 1 is 1.43 bits per heavy atom. The van der Waals surface area contributed by atoms with Gasteiger partial charge >= 0.3 is 13.6 Å². The molecule has 0 aliphatic rings. The van der Waals surface area contributed by atoms with Crippen molar-refractivity contribution in [1.82, 2.24) is 15.0 Å². The summed E-state index contributed by atoms with van der Waals surface area (Å²) < 4.78 is 28.2. The standard InChI is InChI=1S/C11H20N3O6P/c1-4-19-21(17,20-5-2)8-9(15)6-14-7-10(12-13-14)11(16)18-3/h7,9,15H,4-6,8H2,1-3H3. The van der Waals surface area contributed by atoms with E-state index >= 15 is 0 Å². The van der Waals surface area contributed by atoms with E-state index in [1.807, 2.05) is 0 Å². The molecule has 21 heavy (non-hydrogen) atoms. The van der Waals surface area contributed by atoms with Gasteiger partial charge in [0.05, 0.1) is 45.3 Å². The van der Waals surface area contributed by atoms with E-state index in [4.69, 9.17) is 9.05 Å². The molecule has 0 aliphatic heterocycles. The Bertz CT molecular complexity index is 496. The lowest BCUT2D eigenvalue weighted by atomic mass is 10.4. The van der Waals surface area contributed by atoms with Gasteiger partial charge in [-0.05, 0) is 13.8 Å². The van der Waals surface area contributed by atoms with E-state index in [1.165, 1.54) is 18.0 Å². The van der Waals surface area contributed by atoms with Crippen molar-refractivity contribution in [3.8, 4) is 0 Å². The average Bonchev–Trinajstić information content (AvgIpc) is 2.86. The Hall–Kier alpha value is -1.28. The number of aliphatic hydroxyl groups excluding tert-OH is 1. The number of aromatic nitrogens is 3. The van der Waals surface area contributed by atoms with E-state index in [9.17, 15) is 14.5 Å². The van der Waals surface area contributed by atoms with Crippen LogP contribution < -0.4 is 0 Å². The van der Waals surface area contributed by atoms with Crippen molar-refractivity contribution in [1.29, 1.82) is 0 Å². The van der Waals surface area contributed by atoms with Gasteiger partial charge in [-0.1, -0.05) is 5.21 Å². The van der Waals surface area contributed by atoms with Crippen LogP contribution in [0.25, 0.3) is 0 Å². The minimum absolute atomic E-state index is 0.00807. The summed E-state index contributed by atoms with van der Waals surface area (Å²) in [5.74, 6) is -0.620. The molecule has 0 aromatic carbocycles. The number of hydrogen-bond donors (Lipinski definition) is 1. The molecule has 10 heteroatoms. The van der Waals surface area contributed by atoms with E-state index in [-0.39, 0.29) is 31.6 Å². The smallest absolute Gasteiger partial charge is 0.360 e. The van der Waals surface area contributed by atoms with Gasteiger partial charge < -0.3 is 18.9 Å². The summed E-state index contributed by atoms with van der Waals surface area (Å²) in [5, 5.41) is 17.2. The fraction of sp³-hybridized carbons (Fsp3) is 0.727. The molecule has 1 rings (SSSR count). The Labute approximate surface area is 122 Å². The summed E-state index contributed by atoms with van der Waals surface area (Å²) in [6.07, 6.45) is 0.157. The third kappa shape index (κ3) is 5.55. The van der Waals surface area contributed by atoms with Crippen molar-refractivity contribution >= 4 is 13.6 Å². The van der Waals surface area contributed by atoms with Crippen LogP contribution in [0.3, 0.4) is 0 Å². The SMILES string of the molecule is CCOP(=O)(CC(O)Cn1cc(C(=O)OC)nn1)OCC. The van der Waals surface area contributed by atoms with Gasteiger partial charge in [0.15, 0.2) is 5.69 Å². The summed E-state index contributed by atoms with van der Waals surface area (Å²) in [6, 6.07) is 0. The van der Waals surface area contributed by atoms with Crippen molar-refractivity contribution in [2.45, 2.75) is 26.5 Å². The van der Waals surface area contributed by atoms with Crippen molar-refractivity contribution in [3.63, 3.8) is 0 Å². The highest BCUT2D eigenvalue weighted by atomic mass is 31.2. The fourth-order valence-corrected chi connectivity index (χ4v) is 3.36. The van der Waals surface area contributed by atoms with Crippen molar-refractivity contribution < 1.29 is 28.3 Å². The van der Waals surface area contributed by atoms with Gasteiger partial charge in [-0.15, -0.1) is 5.10 Å². The van der Waals surface area contributed by atoms with Crippen LogP contribution in [-0.2, 0) is 24.9 Å². The molecule has 1 atom stereocenters. The lowest BCUT2D eigenvalue weighted by Gasteiger charge is -2.19. The average molecular weight is 321 g/mol. The monoisotopic (exact) mass is 321 g/mol. The van der Waals surface area contributed by atoms with Gasteiger partial charge in [-0.3, -0.25) is 4.57 Å². The van der Waals surface area contributed by atoms with Gasteiger partial charge in [0, 0.05) is 0 Å². The number of carbonyl (C=O) groups is 1. The predicted molar refractivity (Wildman–Crippen MR) is 73.1 cm³/mol. The number of hydrogen-bond acceptors (Lipinski definition) is 8. The molecule has 9 nitrogen and oxygen atoms in total. The zero-order valence-corrected chi connectivity index (χ0v) is 13.2. The van der Waals surface area contributed by atoms with E-state index in [2.05, 4.69) is 15.0 Å². The first-order valence-corrected chi connectivity index (χ1v) is 8.21. The molecule has 1 heterocycles. The van der Waals surface area contributed by atoms with Crippen LogP contribution in [0.4, 0.5) is 0 Å². The summed E-state index contributed by atoms with van der Waals surface area (Å²) in [4.78, 5) is 11.2. The maximum atomic E-state index is 12.2. The van der Waals surface area contributed by atoms with Gasteiger partial charge in [-0.25, -0.2) is 9.48 Å². The maximum Gasteiger partial charge on any atom is 0.360 e. The molecule has 0 amide bonds. The number of ether oxygens (including phenoxy) is 1. The van der Waals surface area contributed by atoms with Gasteiger partial charge in [-0.2, -0.15) is 0 Å². The Balaban J connectivity index is 2.63. The van der Waals surface area contributed by atoms with Crippen LogP contribution in [-0.4, -0.2) is 58.7 Å². The molecule has 0 saturated carbocycles. The van der Waals surface area contributed by atoms with Crippen LogP contribution in [0.2, 0.25) is 0 Å². The fourth-order valence-electron chi connectivity index (χ4n) is 1.65. The third-order valence-electron chi connectivity index (χ3n) is 2.42. The second kappa shape index (κ2) is 8.23. The van der Waals surface area contributed by atoms with Crippen molar-refractivity contribution in [3.05, 3.63) is 11.9 Å². The van der Waals surface area contributed by atoms with Crippen molar-refractivity contribution in [2.75, 3.05) is 26.5 Å². The number of carbonyl (C=O) groups excluding carboxylic acids is 1. The largest absolute Gasteiger partial charge is 0.464 e. The van der Waals surface area contributed by atoms with E-state index in [0.717, 1.165) is 0 Å². The van der Waals surface area contributed by atoms with E-state index < -0.39 is 19.7 Å². The number of aliphatic hydroxyl groups is 1. The molecule has 1 N–H and O–H groups in total. The van der Waals surface area contributed by atoms with Gasteiger partial charge in [0.1, 0.15) is 0 Å². The quantitative estimate of drug-likeness (QED) is 0.522. The van der Waals surface area contributed by atoms with Gasteiger partial charge in [0.2, 0.25) is 0 Å². The Morgan fingerprint density at radius 3 is 2.57 bits per heavy atom. The highest BCUT2D eigenvalue weighted by Crippen LogP contribution is 2.48.